The van der Waals surface area contributed by atoms with E-state index in [1.165, 1.54) is 12.1 Å². The molecule has 6 nitrogen and oxygen atoms in total. The summed E-state index contributed by atoms with van der Waals surface area (Å²) in [5.41, 5.74) is 2.14. The molecule has 20 heavy (non-hydrogen) atoms. The first kappa shape index (κ1) is 13.5. The Hall–Kier alpha value is -2.89. The van der Waals surface area contributed by atoms with Crippen LogP contribution in [0.25, 0.3) is 0 Å². The van der Waals surface area contributed by atoms with Gasteiger partial charge in [-0.1, -0.05) is 12.1 Å². The predicted molar refractivity (Wildman–Crippen MR) is 74.2 cm³/mol. The van der Waals surface area contributed by atoms with E-state index in [0.29, 0.717) is 11.3 Å². The van der Waals surface area contributed by atoms with Crippen LogP contribution in [0.4, 0.5) is 17.1 Å². The number of carboxylic acids is 1. The highest BCUT2D eigenvalue weighted by Gasteiger charge is 2.05. The number of nitro benzene ring substituents is 1. The second kappa shape index (κ2) is 5.83. The van der Waals surface area contributed by atoms with Crippen LogP contribution in [0.5, 0.6) is 0 Å². The summed E-state index contributed by atoms with van der Waals surface area (Å²) >= 11 is 0. The maximum atomic E-state index is 10.7. The highest BCUT2D eigenvalue weighted by Crippen LogP contribution is 2.20. The van der Waals surface area contributed by atoms with Crippen molar-refractivity contribution in [1.29, 1.82) is 0 Å². The first-order valence-electron chi connectivity index (χ1n) is 5.87. The van der Waals surface area contributed by atoms with Gasteiger partial charge in [0, 0.05) is 23.5 Å². The molecule has 0 heterocycles. The molecular formula is C14H12N2O4. The van der Waals surface area contributed by atoms with E-state index < -0.39 is 10.9 Å². The van der Waals surface area contributed by atoms with Gasteiger partial charge < -0.3 is 10.4 Å². The van der Waals surface area contributed by atoms with Crippen LogP contribution in [0.2, 0.25) is 0 Å². The third-order valence-electron chi connectivity index (χ3n) is 2.65. The van der Waals surface area contributed by atoms with Crippen LogP contribution < -0.4 is 5.32 Å². The van der Waals surface area contributed by atoms with Crippen molar-refractivity contribution in [2.75, 3.05) is 5.32 Å². The molecule has 0 aliphatic rings. The molecule has 0 bridgehead atoms. The minimum absolute atomic E-state index is 0.0233. The molecule has 2 aromatic carbocycles. The number of nitrogens with one attached hydrogen (secondary N) is 1. The van der Waals surface area contributed by atoms with Crippen LogP contribution in [0.1, 0.15) is 5.56 Å². The van der Waals surface area contributed by atoms with Gasteiger partial charge in [0.15, 0.2) is 0 Å². The first-order chi connectivity index (χ1) is 9.54. The van der Waals surface area contributed by atoms with E-state index in [0.717, 1.165) is 5.69 Å². The molecule has 0 unspecified atom stereocenters. The lowest BCUT2D eigenvalue weighted by atomic mass is 10.1. The summed E-state index contributed by atoms with van der Waals surface area (Å²) in [6.45, 7) is 0. The number of carbonyl (C=O) groups is 1. The Kier molecular flexibility index (Phi) is 3.95. The molecule has 0 atom stereocenters. The fourth-order valence-corrected chi connectivity index (χ4v) is 1.77. The molecular weight excluding hydrogens is 260 g/mol. The highest BCUT2D eigenvalue weighted by molar-refractivity contribution is 5.71. The zero-order valence-corrected chi connectivity index (χ0v) is 10.4. The van der Waals surface area contributed by atoms with Gasteiger partial charge in [-0.2, -0.15) is 0 Å². The number of hydrogen-bond donors (Lipinski definition) is 2. The molecule has 0 radical (unpaired) electrons. The van der Waals surface area contributed by atoms with Gasteiger partial charge in [-0.3, -0.25) is 14.9 Å². The summed E-state index contributed by atoms with van der Waals surface area (Å²) in [5, 5.41) is 22.4. The van der Waals surface area contributed by atoms with E-state index >= 15 is 0 Å². The van der Waals surface area contributed by atoms with E-state index in [-0.39, 0.29) is 12.1 Å². The lowest BCUT2D eigenvalue weighted by molar-refractivity contribution is -0.384. The summed E-state index contributed by atoms with van der Waals surface area (Å²) in [6, 6.07) is 13.0. The summed E-state index contributed by atoms with van der Waals surface area (Å²) in [7, 11) is 0. The molecule has 0 aliphatic heterocycles. The van der Waals surface area contributed by atoms with E-state index in [1.54, 1.807) is 36.4 Å². The molecule has 102 valence electrons. The number of nitro groups is 1. The average molecular weight is 272 g/mol. The monoisotopic (exact) mass is 272 g/mol. The van der Waals surface area contributed by atoms with Gasteiger partial charge in [-0.15, -0.1) is 0 Å². The molecule has 0 aromatic heterocycles. The molecule has 2 aromatic rings. The van der Waals surface area contributed by atoms with Crippen molar-refractivity contribution in [2.24, 2.45) is 0 Å². The Morgan fingerprint density at radius 1 is 1.15 bits per heavy atom. The molecule has 0 saturated heterocycles. The van der Waals surface area contributed by atoms with E-state index in [4.69, 9.17) is 5.11 Å². The summed E-state index contributed by atoms with van der Waals surface area (Å²) in [6.07, 6.45) is -0.0459. The number of non-ortho nitro benzene ring substituents is 1. The summed E-state index contributed by atoms with van der Waals surface area (Å²) in [4.78, 5) is 20.7. The van der Waals surface area contributed by atoms with Crippen molar-refractivity contribution < 1.29 is 14.8 Å². The zero-order valence-electron chi connectivity index (χ0n) is 10.4. The fraction of sp³-hybridized carbons (Fsp3) is 0.0714. The van der Waals surface area contributed by atoms with Crippen molar-refractivity contribution in [3.8, 4) is 0 Å². The number of carboxylic acid groups (broad SMARTS) is 1. The second-order valence-electron chi connectivity index (χ2n) is 4.20. The van der Waals surface area contributed by atoms with E-state index in [9.17, 15) is 14.9 Å². The molecule has 2 N–H and O–H groups in total. The lowest BCUT2D eigenvalue weighted by Crippen LogP contribution is -2.00. The Labute approximate surface area is 114 Å². The third-order valence-corrected chi connectivity index (χ3v) is 2.65. The van der Waals surface area contributed by atoms with Gasteiger partial charge in [0.05, 0.1) is 11.3 Å². The standard InChI is InChI=1S/C14H12N2O4/c17-14(18)9-10-2-1-3-12(8-10)15-11-4-6-13(7-5-11)16(19)20/h1-8,15H,9H2,(H,17,18). The van der Waals surface area contributed by atoms with Gasteiger partial charge in [0.2, 0.25) is 0 Å². The van der Waals surface area contributed by atoms with Crippen LogP contribution in [0.3, 0.4) is 0 Å². The largest absolute Gasteiger partial charge is 0.481 e. The molecule has 0 amide bonds. The third kappa shape index (κ3) is 3.55. The van der Waals surface area contributed by atoms with Gasteiger partial charge in [-0.25, -0.2) is 0 Å². The predicted octanol–water partition coefficient (Wildman–Crippen LogP) is 2.97. The number of nitrogens with zero attached hydrogens (tertiary/aromatic N) is 1. The minimum atomic E-state index is -0.891. The molecule has 0 spiro atoms. The number of hydrogen-bond acceptors (Lipinski definition) is 4. The van der Waals surface area contributed by atoms with Crippen LogP contribution in [0, 0.1) is 10.1 Å². The minimum Gasteiger partial charge on any atom is -0.481 e. The number of benzene rings is 2. The van der Waals surface area contributed by atoms with Crippen LogP contribution in [-0.2, 0) is 11.2 Å². The second-order valence-corrected chi connectivity index (χ2v) is 4.20. The van der Waals surface area contributed by atoms with Crippen LogP contribution >= 0.6 is 0 Å². The number of anilines is 2. The average Bonchev–Trinajstić information content (AvgIpc) is 2.39. The van der Waals surface area contributed by atoms with Gasteiger partial charge in [0.25, 0.3) is 5.69 Å². The zero-order chi connectivity index (χ0) is 14.5. The molecule has 0 aliphatic carbocycles. The molecule has 0 fully saturated rings. The van der Waals surface area contributed by atoms with Gasteiger partial charge >= 0.3 is 5.97 Å². The molecule has 2 rings (SSSR count). The van der Waals surface area contributed by atoms with Gasteiger partial charge in [-0.05, 0) is 29.8 Å². The topological polar surface area (TPSA) is 92.5 Å². The van der Waals surface area contributed by atoms with Crippen molar-refractivity contribution >= 4 is 23.0 Å². The van der Waals surface area contributed by atoms with E-state index in [2.05, 4.69) is 5.32 Å². The van der Waals surface area contributed by atoms with Crippen molar-refractivity contribution in [3.05, 3.63) is 64.2 Å². The number of rotatable bonds is 5. The Morgan fingerprint density at radius 3 is 2.45 bits per heavy atom. The van der Waals surface area contributed by atoms with Crippen LogP contribution in [0.15, 0.2) is 48.5 Å². The van der Waals surface area contributed by atoms with Crippen LogP contribution in [-0.4, -0.2) is 16.0 Å². The van der Waals surface area contributed by atoms with Gasteiger partial charge in [0.1, 0.15) is 0 Å². The fourth-order valence-electron chi connectivity index (χ4n) is 1.77. The smallest absolute Gasteiger partial charge is 0.307 e. The van der Waals surface area contributed by atoms with Crippen molar-refractivity contribution in [3.63, 3.8) is 0 Å². The first-order valence-corrected chi connectivity index (χ1v) is 5.87. The van der Waals surface area contributed by atoms with Crippen molar-refractivity contribution in [2.45, 2.75) is 6.42 Å². The molecule has 0 saturated carbocycles. The van der Waals surface area contributed by atoms with E-state index in [1.807, 2.05) is 0 Å². The normalized spacial score (nSPS) is 10.0. The molecule has 6 heteroatoms. The SMILES string of the molecule is O=C(O)Cc1cccc(Nc2ccc([N+](=O)[O-])cc2)c1. The summed E-state index contributed by atoms with van der Waals surface area (Å²) in [5.74, 6) is -0.891. The Bertz CT molecular complexity index is 638. The maximum Gasteiger partial charge on any atom is 0.307 e. The summed E-state index contributed by atoms with van der Waals surface area (Å²) < 4.78 is 0. The Balaban J connectivity index is 2.13. The maximum absolute atomic E-state index is 10.7. The quantitative estimate of drug-likeness (QED) is 0.644. The highest BCUT2D eigenvalue weighted by atomic mass is 16.6. The Morgan fingerprint density at radius 2 is 1.85 bits per heavy atom. The van der Waals surface area contributed by atoms with Crippen molar-refractivity contribution in [1.82, 2.24) is 0 Å². The number of aliphatic carboxylic acids is 1. The lowest BCUT2D eigenvalue weighted by Gasteiger charge is -2.07.